The fourth-order valence-electron chi connectivity index (χ4n) is 2.52. The van der Waals surface area contributed by atoms with Crippen molar-refractivity contribution in [1.29, 1.82) is 0 Å². The summed E-state index contributed by atoms with van der Waals surface area (Å²) in [4.78, 5) is 2.46. The predicted octanol–water partition coefficient (Wildman–Crippen LogP) is 2.45. The SMILES string of the molecule is CCCOc1ccc(F)cc1CCCN1CCNCC1. The quantitative estimate of drug-likeness (QED) is 0.830. The number of hydrogen-bond acceptors (Lipinski definition) is 3. The van der Waals surface area contributed by atoms with Crippen molar-refractivity contribution in [3.8, 4) is 5.75 Å². The predicted molar refractivity (Wildman–Crippen MR) is 79.8 cm³/mol. The molecule has 0 aliphatic carbocycles. The van der Waals surface area contributed by atoms with Crippen LogP contribution < -0.4 is 10.1 Å². The second-order valence-corrected chi connectivity index (χ2v) is 5.30. The number of nitrogens with one attached hydrogen (secondary N) is 1. The van der Waals surface area contributed by atoms with E-state index < -0.39 is 0 Å². The Labute approximate surface area is 121 Å². The summed E-state index contributed by atoms with van der Waals surface area (Å²) in [5.74, 6) is 0.666. The summed E-state index contributed by atoms with van der Waals surface area (Å²) in [7, 11) is 0. The number of hydrogen-bond donors (Lipinski definition) is 1. The first-order valence-electron chi connectivity index (χ1n) is 7.64. The van der Waals surface area contributed by atoms with Crippen LogP contribution in [0.3, 0.4) is 0 Å². The van der Waals surface area contributed by atoms with Gasteiger partial charge in [-0.2, -0.15) is 0 Å². The lowest BCUT2D eigenvalue weighted by atomic mass is 10.1. The van der Waals surface area contributed by atoms with Crippen molar-refractivity contribution in [2.45, 2.75) is 26.2 Å². The smallest absolute Gasteiger partial charge is 0.123 e. The van der Waals surface area contributed by atoms with Gasteiger partial charge in [-0.05, 0) is 49.6 Å². The van der Waals surface area contributed by atoms with Gasteiger partial charge in [0.15, 0.2) is 0 Å². The number of halogens is 1. The first-order valence-corrected chi connectivity index (χ1v) is 7.64. The lowest BCUT2D eigenvalue weighted by Crippen LogP contribution is -2.43. The van der Waals surface area contributed by atoms with E-state index in [9.17, 15) is 4.39 Å². The molecule has 0 radical (unpaired) electrons. The molecule has 1 N–H and O–H groups in total. The van der Waals surface area contributed by atoms with Crippen molar-refractivity contribution in [1.82, 2.24) is 10.2 Å². The molecule has 1 saturated heterocycles. The zero-order chi connectivity index (χ0) is 14.2. The van der Waals surface area contributed by atoms with Gasteiger partial charge in [0.1, 0.15) is 11.6 Å². The molecule has 20 heavy (non-hydrogen) atoms. The summed E-state index contributed by atoms with van der Waals surface area (Å²) in [6.45, 7) is 8.22. The Hall–Kier alpha value is -1.13. The second kappa shape index (κ2) is 8.22. The molecule has 0 saturated carbocycles. The van der Waals surface area contributed by atoms with Crippen LogP contribution in [0.1, 0.15) is 25.3 Å². The number of rotatable bonds is 7. The molecule has 0 aromatic heterocycles. The van der Waals surface area contributed by atoms with E-state index in [1.54, 1.807) is 12.1 Å². The Kier molecular flexibility index (Phi) is 6.27. The number of nitrogens with zero attached hydrogens (tertiary/aromatic N) is 1. The van der Waals surface area contributed by atoms with E-state index >= 15 is 0 Å². The van der Waals surface area contributed by atoms with E-state index in [0.717, 1.165) is 63.3 Å². The number of ether oxygens (including phenoxy) is 1. The van der Waals surface area contributed by atoms with Gasteiger partial charge in [0.2, 0.25) is 0 Å². The molecule has 1 aliphatic heterocycles. The highest BCUT2D eigenvalue weighted by molar-refractivity contribution is 5.34. The van der Waals surface area contributed by atoms with Crippen molar-refractivity contribution >= 4 is 0 Å². The van der Waals surface area contributed by atoms with Gasteiger partial charge < -0.3 is 15.0 Å². The minimum atomic E-state index is -0.175. The van der Waals surface area contributed by atoms with Crippen molar-refractivity contribution in [2.24, 2.45) is 0 Å². The highest BCUT2D eigenvalue weighted by Crippen LogP contribution is 2.21. The molecule has 0 bridgehead atoms. The molecule has 0 unspecified atom stereocenters. The minimum absolute atomic E-state index is 0.175. The van der Waals surface area contributed by atoms with E-state index in [4.69, 9.17) is 4.74 Å². The molecule has 1 aromatic rings. The molecular formula is C16H25FN2O. The molecule has 3 nitrogen and oxygen atoms in total. The molecule has 1 aromatic carbocycles. The van der Waals surface area contributed by atoms with Crippen molar-refractivity contribution < 1.29 is 9.13 Å². The zero-order valence-corrected chi connectivity index (χ0v) is 12.3. The van der Waals surface area contributed by atoms with Crippen LogP contribution in [0, 0.1) is 5.82 Å². The third kappa shape index (κ3) is 4.76. The monoisotopic (exact) mass is 280 g/mol. The largest absolute Gasteiger partial charge is 0.493 e. The van der Waals surface area contributed by atoms with E-state index in [1.165, 1.54) is 6.07 Å². The van der Waals surface area contributed by atoms with Crippen molar-refractivity contribution in [2.75, 3.05) is 39.3 Å². The third-order valence-electron chi connectivity index (χ3n) is 3.61. The van der Waals surface area contributed by atoms with Gasteiger partial charge in [0, 0.05) is 26.2 Å². The summed E-state index contributed by atoms with van der Waals surface area (Å²) in [6.07, 6.45) is 2.89. The summed E-state index contributed by atoms with van der Waals surface area (Å²) in [6, 6.07) is 4.85. The average Bonchev–Trinajstić information content (AvgIpc) is 2.47. The zero-order valence-electron chi connectivity index (χ0n) is 12.3. The lowest BCUT2D eigenvalue weighted by Gasteiger charge is -2.27. The summed E-state index contributed by atoms with van der Waals surface area (Å²) < 4.78 is 19.1. The fourth-order valence-corrected chi connectivity index (χ4v) is 2.52. The normalized spacial score (nSPS) is 16.3. The Balaban J connectivity index is 1.85. The summed E-state index contributed by atoms with van der Waals surface area (Å²) in [5.41, 5.74) is 0.994. The van der Waals surface area contributed by atoms with E-state index in [2.05, 4.69) is 17.1 Å². The topological polar surface area (TPSA) is 24.5 Å². The third-order valence-corrected chi connectivity index (χ3v) is 3.61. The van der Waals surface area contributed by atoms with E-state index in [0.29, 0.717) is 6.61 Å². The molecule has 112 valence electrons. The first-order chi connectivity index (χ1) is 9.79. The first kappa shape index (κ1) is 15.3. The van der Waals surface area contributed by atoms with E-state index in [1.807, 2.05) is 0 Å². The van der Waals surface area contributed by atoms with Crippen molar-refractivity contribution in [3.63, 3.8) is 0 Å². The van der Waals surface area contributed by atoms with Gasteiger partial charge in [-0.3, -0.25) is 0 Å². The molecule has 0 atom stereocenters. The Morgan fingerprint density at radius 3 is 2.85 bits per heavy atom. The van der Waals surface area contributed by atoms with Gasteiger partial charge in [-0.15, -0.1) is 0 Å². The molecule has 1 fully saturated rings. The maximum Gasteiger partial charge on any atom is 0.123 e. The molecule has 0 amide bonds. The van der Waals surface area contributed by atoms with Gasteiger partial charge >= 0.3 is 0 Å². The maximum absolute atomic E-state index is 13.4. The van der Waals surface area contributed by atoms with Gasteiger partial charge in [0.25, 0.3) is 0 Å². The van der Waals surface area contributed by atoms with Crippen LogP contribution >= 0.6 is 0 Å². The van der Waals surface area contributed by atoms with Crippen LogP contribution in [0.25, 0.3) is 0 Å². The van der Waals surface area contributed by atoms with Gasteiger partial charge in [0.05, 0.1) is 6.61 Å². The second-order valence-electron chi connectivity index (χ2n) is 5.30. The highest BCUT2D eigenvalue weighted by Gasteiger charge is 2.10. The fraction of sp³-hybridized carbons (Fsp3) is 0.625. The van der Waals surface area contributed by atoms with Gasteiger partial charge in [-0.1, -0.05) is 6.92 Å². The van der Waals surface area contributed by atoms with Crippen LogP contribution in [0.15, 0.2) is 18.2 Å². The van der Waals surface area contributed by atoms with E-state index in [-0.39, 0.29) is 5.82 Å². The summed E-state index contributed by atoms with van der Waals surface area (Å²) >= 11 is 0. The lowest BCUT2D eigenvalue weighted by molar-refractivity contribution is 0.238. The number of piperazine rings is 1. The Morgan fingerprint density at radius 1 is 1.30 bits per heavy atom. The highest BCUT2D eigenvalue weighted by atomic mass is 19.1. The Morgan fingerprint density at radius 2 is 2.10 bits per heavy atom. The molecule has 4 heteroatoms. The van der Waals surface area contributed by atoms with Crippen LogP contribution in [0.4, 0.5) is 4.39 Å². The molecular weight excluding hydrogens is 255 g/mol. The average molecular weight is 280 g/mol. The van der Waals surface area contributed by atoms with Crippen LogP contribution in [0.5, 0.6) is 5.75 Å². The standard InChI is InChI=1S/C16H25FN2O/c1-2-12-20-16-6-5-15(17)13-14(16)4-3-9-19-10-7-18-8-11-19/h5-6,13,18H,2-4,7-12H2,1H3. The molecule has 2 rings (SSSR count). The Bertz CT molecular complexity index is 405. The number of benzene rings is 1. The van der Waals surface area contributed by atoms with Crippen LogP contribution in [0.2, 0.25) is 0 Å². The molecule has 0 spiro atoms. The minimum Gasteiger partial charge on any atom is -0.493 e. The maximum atomic E-state index is 13.4. The molecule has 1 aliphatic rings. The molecule has 1 heterocycles. The van der Waals surface area contributed by atoms with Crippen molar-refractivity contribution in [3.05, 3.63) is 29.6 Å². The van der Waals surface area contributed by atoms with Crippen LogP contribution in [-0.2, 0) is 6.42 Å². The number of aryl methyl sites for hydroxylation is 1. The summed E-state index contributed by atoms with van der Waals surface area (Å²) in [5, 5.41) is 3.35. The van der Waals surface area contributed by atoms with Gasteiger partial charge in [-0.25, -0.2) is 4.39 Å². The van der Waals surface area contributed by atoms with Crippen LogP contribution in [-0.4, -0.2) is 44.2 Å².